The molecule has 0 amide bonds. The zero-order valence-electron chi connectivity index (χ0n) is 10.0. The number of likely N-dealkylation sites (N-methyl/N-ethyl adjacent to an activating group) is 1. The third-order valence-electron chi connectivity index (χ3n) is 2.98. The molecule has 1 aromatic carbocycles. The van der Waals surface area contributed by atoms with Crippen molar-refractivity contribution in [2.45, 2.75) is 12.6 Å². The minimum absolute atomic E-state index is 0.125. The quantitative estimate of drug-likeness (QED) is 0.843. The molecule has 0 saturated heterocycles. The number of para-hydroxylation sites is 1. The highest BCUT2D eigenvalue weighted by Gasteiger charge is 2.17. The fourth-order valence-corrected chi connectivity index (χ4v) is 1.99. The zero-order chi connectivity index (χ0) is 12.1. The Morgan fingerprint density at radius 2 is 2.35 bits per heavy atom. The van der Waals surface area contributed by atoms with Crippen molar-refractivity contribution in [3.05, 3.63) is 29.8 Å². The maximum Gasteiger partial charge on any atom is 0.123 e. The predicted octanol–water partition coefficient (Wildman–Crippen LogP) is 0.993. The number of hydrogen-bond acceptors (Lipinski definition) is 4. The van der Waals surface area contributed by atoms with Crippen LogP contribution >= 0.6 is 0 Å². The third-order valence-corrected chi connectivity index (χ3v) is 2.98. The molecule has 4 heteroatoms. The van der Waals surface area contributed by atoms with Crippen LogP contribution in [0.4, 0.5) is 0 Å². The smallest absolute Gasteiger partial charge is 0.123 e. The van der Waals surface area contributed by atoms with Gasteiger partial charge in [0, 0.05) is 25.2 Å². The van der Waals surface area contributed by atoms with Crippen LogP contribution in [0.3, 0.4) is 0 Å². The molecule has 1 unspecified atom stereocenters. The van der Waals surface area contributed by atoms with Crippen LogP contribution in [-0.2, 0) is 6.54 Å². The Balaban J connectivity index is 2.06. The second-order valence-electron chi connectivity index (χ2n) is 4.16. The first kappa shape index (κ1) is 11.9. The van der Waals surface area contributed by atoms with Crippen molar-refractivity contribution in [1.82, 2.24) is 10.2 Å². The molecule has 0 aromatic heterocycles. The van der Waals surface area contributed by atoms with Crippen LogP contribution in [-0.4, -0.2) is 37.7 Å². The van der Waals surface area contributed by atoms with E-state index in [9.17, 15) is 0 Å². The van der Waals surface area contributed by atoms with Gasteiger partial charge in [0.2, 0.25) is 0 Å². The Morgan fingerprint density at radius 3 is 3.12 bits per heavy atom. The largest absolute Gasteiger partial charge is 0.492 e. The van der Waals surface area contributed by atoms with Crippen LogP contribution in [0.25, 0.3) is 0 Å². The fourth-order valence-electron chi connectivity index (χ4n) is 1.99. The molecule has 1 aliphatic rings. The van der Waals surface area contributed by atoms with Gasteiger partial charge in [0.25, 0.3) is 0 Å². The maximum absolute atomic E-state index is 8.95. The lowest BCUT2D eigenvalue weighted by Gasteiger charge is -2.21. The summed E-state index contributed by atoms with van der Waals surface area (Å²) >= 11 is 0. The van der Waals surface area contributed by atoms with E-state index < -0.39 is 0 Å². The summed E-state index contributed by atoms with van der Waals surface area (Å²) in [6, 6.07) is 10.2. The van der Waals surface area contributed by atoms with Crippen LogP contribution in [0, 0.1) is 11.3 Å². The molecule has 0 saturated carbocycles. The van der Waals surface area contributed by atoms with Crippen molar-refractivity contribution in [3.8, 4) is 11.8 Å². The minimum Gasteiger partial charge on any atom is -0.492 e. The van der Waals surface area contributed by atoms with Gasteiger partial charge in [-0.05, 0) is 13.1 Å². The van der Waals surface area contributed by atoms with Crippen molar-refractivity contribution in [3.63, 3.8) is 0 Å². The van der Waals surface area contributed by atoms with Gasteiger partial charge < -0.3 is 10.1 Å². The summed E-state index contributed by atoms with van der Waals surface area (Å²) in [4.78, 5) is 2.25. The first-order valence-electron chi connectivity index (χ1n) is 5.83. The number of ether oxygens (including phenoxy) is 1. The molecule has 90 valence electrons. The topological polar surface area (TPSA) is 48.3 Å². The van der Waals surface area contributed by atoms with Crippen molar-refractivity contribution < 1.29 is 4.74 Å². The van der Waals surface area contributed by atoms with E-state index in [1.165, 1.54) is 5.56 Å². The molecule has 1 N–H and O–H groups in total. The van der Waals surface area contributed by atoms with E-state index in [2.05, 4.69) is 22.4 Å². The summed E-state index contributed by atoms with van der Waals surface area (Å²) in [6.07, 6.45) is 0. The van der Waals surface area contributed by atoms with Gasteiger partial charge >= 0.3 is 0 Å². The Kier molecular flexibility index (Phi) is 3.97. The van der Waals surface area contributed by atoms with Crippen molar-refractivity contribution in [1.29, 1.82) is 5.26 Å². The fraction of sp³-hybridized carbons (Fsp3) is 0.462. The Labute approximate surface area is 102 Å². The average molecular weight is 231 g/mol. The predicted molar refractivity (Wildman–Crippen MR) is 65.7 cm³/mol. The molecule has 0 fully saturated rings. The van der Waals surface area contributed by atoms with Crippen LogP contribution in [0.1, 0.15) is 5.56 Å². The monoisotopic (exact) mass is 231 g/mol. The lowest BCUT2D eigenvalue weighted by molar-refractivity contribution is 0.218. The van der Waals surface area contributed by atoms with Gasteiger partial charge in [-0.1, -0.05) is 18.2 Å². The van der Waals surface area contributed by atoms with E-state index in [0.717, 1.165) is 25.4 Å². The van der Waals surface area contributed by atoms with Crippen molar-refractivity contribution in [2.24, 2.45) is 0 Å². The van der Waals surface area contributed by atoms with Crippen LogP contribution in [0.2, 0.25) is 0 Å². The van der Waals surface area contributed by atoms with Crippen LogP contribution in [0.5, 0.6) is 5.75 Å². The van der Waals surface area contributed by atoms with Gasteiger partial charge in [-0.2, -0.15) is 5.26 Å². The minimum atomic E-state index is -0.125. The SMILES string of the molecule is CNC(C#N)CN1CCOc2ccccc2C1. The number of hydrogen-bond donors (Lipinski definition) is 1. The number of nitrogens with zero attached hydrogens (tertiary/aromatic N) is 2. The van der Waals surface area contributed by atoms with Gasteiger partial charge in [-0.3, -0.25) is 4.90 Å². The third kappa shape index (κ3) is 2.96. The molecule has 1 aromatic rings. The Morgan fingerprint density at radius 1 is 1.53 bits per heavy atom. The highest BCUT2D eigenvalue weighted by atomic mass is 16.5. The highest BCUT2D eigenvalue weighted by Crippen LogP contribution is 2.22. The number of fused-ring (bicyclic) bond motifs is 1. The molecule has 1 heterocycles. The van der Waals surface area contributed by atoms with Gasteiger partial charge in [0.1, 0.15) is 18.4 Å². The summed E-state index contributed by atoms with van der Waals surface area (Å²) < 4.78 is 5.68. The van der Waals surface area contributed by atoms with E-state index in [4.69, 9.17) is 10.00 Å². The molecule has 0 aliphatic carbocycles. The summed E-state index contributed by atoms with van der Waals surface area (Å²) in [6.45, 7) is 3.11. The Hall–Kier alpha value is -1.57. The molecule has 1 aliphatic heterocycles. The summed E-state index contributed by atoms with van der Waals surface area (Å²) in [5.74, 6) is 0.966. The van der Waals surface area contributed by atoms with Gasteiger partial charge in [-0.25, -0.2) is 0 Å². The zero-order valence-corrected chi connectivity index (χ0v) is 10.0. The van der Waals surface area contributed by atoms with E-state index >= 15 is 0 Å². The molecule has 17 heavy (non-hydrogen) atoms. The van der Waals surface area contributed by atoms with Crippen LogP contribution < -0.4 is 10.1 Å². The lowest BCUT2D eigenvalue weighted by atomic mass is 10.2. The molecule has 1 atom stereocenters. The van der Waals surface area contributed by atoms with E-state index in [-0.39, 0.29) is 6.04 Å². The Bertz CT molecular complexity index is 413. The van der Waals surface area contributed by atoms with E-state index in [0.29, 0.717) is 6.61 Å². The number of nitrogens with one attached hydrogen (secondary N) is 1. The number of rotatable bonds is 3. The van der Waals surface area contributed by atoms with Gasteiger partial charge in [0.05, 0.1) is 6.07 Å². The van der Waals surface area contributed by atoms with Crippen molar-refractivity contribution in [2.75, 3.05) is 26.7 Å². The standard InChI is InChI=1S/C13H17N3O/c1-15-12(8-14)10-16-6-7-17-13-5-3-2-4-11(13)9-16/h2-5,12,15H,6-7,9-10H2,1H3. The molecule has 2 rings (SSSR count). The normalized spacial score (nSPS) is 17.4. The number of nitriles is 1. The summed E-state index contributed by atoms with van der Waals surface area (Å²) in [5.41, 5.74) is 1.19. The number of benzene rings is 1. The maximum atomic E-state index is 8.95. The highest BCUT2D eigenvalue weighted by molar-refractivity contribution is 5.33. The second-order valence-corrected chi connectivity index (χ2v) is 4.16. The first-order valence-corrected chi connectivity index (χ1v) is 5.83. The molecule has 4 nitrogen and oxygen atoms in total. The second kappa shape index (κ2) is 5.67. The summed E-state index contributed by atoms with van der Waals surface area (Å²) in [7, 11) is 1.82. The molecule has 0 spiro atoms. The molecule has 0 bridgehead atoms. The van der Waals surface area contributed by atoms with Crippen LogP contribution in [0.15, 0.2) is 24.3 Å². The average Bonchev–Trinajstić information content (AvgIpc) is 2.57. The van der Waals surface area contributed by atoms with E-state index in [1.807, 2.05) is 25.2 Å². The van der Waals surface area contributed by atoms with Gasteiger partial charge in [-0.15, -0.1) is 0 Å². The van der Waals surface area contributed by atoms with Crippen molar-refractivity contribution >= 4 is 0 Å². The van der Waals surface area contributed by atoms with Gasteiger partial charge in [0.15, 0.2) is 0 Å². The molecular formula is C13H17N3O. The molecular weight excluding hydrogens is 214 g/mol. The first-order chi connectivity index (χ1) is 8.33. The van der Waals surface area contributed by atoms with E-state index in [1.54, 1.807) is 0 Å². The lowest BCUT2D eigenvalue weighted by Crippen LogP contribution is -2.39. The molecule has 0 radical (unpaired) electrons. The summed E-state index contributed by atoms with van der Waals surface area (Å²) in [5, 5.41) is 12.0.